The van der Waals surface area contributed by atoms with E-state index in [1.165, 1.54) is 11.3 Å². The van der Waals surface area contributed by atoms with Crippen LogP contribution in [0.3, 0.4) is 0 Å². The fraction of sp³-hybridized carbons (Fsp3) is 0.348. The number of esters is 1. The van der Waals surface area contributed by atoms with E-state index in [1.54, 1.807) is 36.3 Å². The number of carbonyl (C=O) groups is 2. The first-order valence-corrected chi connectivity index (χ1v) is 11.1. The quantitative estimate of drug-likeness (QED) is 0.559. The molecular formula is C23H25N3O4S. The van der Waals surface area contributed by atoms with Gasteiger partial charge < -0.3 is 14.8 Å². The Morgan fingerprint density at radius 2 is 2.03 bits per heavy atom. The number of pyridine rings is 1. The summed E-state index contributed by atoms with van der Waals surface area (Å²) in [5, 5.41) is 4.42. The van der Waals surface area contributed by atoms with Crippen molar-refractivity contribution in [3.63, 3.8) is 0 Å². The third kappa shape index (κ3) is 3.88. The minimum atomic E-state index is -0.358. The van der Waals surface area contributed by atoms with Crippen LogP contribution in [-0.2, 0) is 16.1 Å². The van der Waals surface area contributed by atoms with Gasteiger partial charge in [-0.15, -0.1) is 11.3 Å². The molecule has 1 aliphatic rings. The molecule has 0 saturated heterocycles. The van der Waals surface area contributed by atoms with E-state index in [-0.39, 0.29) is 18.0 Å². The average molecular weight is 440 g/mol. The Morgan fingerprint density at radius 1 is 1.29 bits per heavy atom. The highest BCUT2D eigenvalue weighted by Crippen LogP contribution is 2.42. The molecule has 0 spiro atoms. The first-order valence-electron chi connectivity index (χ1n) is 10.2. The summed E-state index contributed by atoms with van der Waals surface area (Å²) in [5.41, 5.74) is 3.89. The van der Waals surface area contributed by atoms with Gasteiger partial charge in [-0.05, 0) is 56.2 Å². The number of amides is 1. The first kappa shape index (κ1) is 21.3. The zero-order chi connectivity index (χ0) is 22.1. The van der Waals surface area contributed by atoms with Gasteiger partial charge in [-0.1, -0.05) is 6.92 Å². The molecule has 1 N–H and O–H groups in total. The summed E-state index contributed by atoms with van der Waals surface area (Å²) < 4.78 is 10.5. The highest BCUT2D eigenvalue weighted by atomic mass is 32.1. The Kier molecular flexibility index (Phi) is 5.93. The fourth-order valence-electron chi connectivity index (χ4n) is 3.81. The minimum Gasteiger partial charge on any atom is -0.462 e. The molecular weight excluding hydrogens is 414 g/mol. The summed E-state index contributed by atoms with van der Waals surface area (Å²) in [6, 6.07) is 8.93. The molecule has 0 radical (unpaired) electrons. The second kappa shape index (κ2) is 8.64. The van der Waals surface area contributed by atoms with E-state index in [4.69, 9.17) is 9.47 Å². The lowest BCUT2D eigenvalue weighted by Crippen LogP contribution is -2.46. The van der Waals surface area contributed by atoms with Crippen molar-refractivity contribution in [2.75, 3.05) is 23.9 Å². The van der Waals surface area contributed by atoms with Crippen LogP contribution >= 0.6 is 11.3 Å². The number of nitrogens with one attached hydrogen (secondary N) is 1. The second-order valence-electron chi connectivity index (χ2n) is 7.52. The maximum atomic E-state index is 13.5. The Balaban J connectivity index is 1.69. The summed E-state index contributed by atoms with van der Waals surface area (Å²) in [6.07, 6.45) is 0.500. The van der Waals surface area contributed by atoms with Crippen LogP contribution in [-0.4, -0.2) is 36.7 Å². The number of hydrogen-bond donors (Lipinski definition) is 1. The van der Waals surface area contributed by atoms with E-state index < -0.39 is 0 Å². The topological polar surface area (TPSA) is 80.8 Å². The highest BCUT2D eigenvalue weighted by Gasteiger charge is 2.34. The minimum absolute atomic E-state index is 0.0911. The van der Waals surface area contributed by atoms with Gasteiger partial charge in [-0.3, -0.25) is 9.69 Å². The molecule has 1 aliphatic heterocycles. The first-order chi connectivity index (χ1) is 14.9. The lowest BCUT2D eigenvalue weighted by Gasteiger charge is -2.34. The van der Waals surface area contributed by atoms with Crippen molar-refractivity contribution in [1.29, 1.82) is 0 Å². The Morgan fingerprint density at radius 3 is 2.71 bits per heavy atom. The summed E-state index contributed by atoms with van der Waals surface area (Å²) in [6.45, 7) is 6.66. The molecule has 162 valence electrons. The maximum Gasteiger partial charge on any atom is 0.338 e. The van der Waals surface area contributed by atoms with Gasteiger partial charge in [0.2, 0.25) is 0 Å². The SMILES string of the molecule is CCCOC(=O)c1ccc(N2C(=O)c3sc4nc(C)cc(COC)c4c3N[C@H]2C)cc1. The van der Waals surface area contributed by atoms with Gasteiger partial charge in [0, 0.05) is 23.9 Å². The number of hydrogen-bond acceptors (Lipinski definition) is 7. The van der Waals surface area contributed by atoms with Crippen molar-refractivity contribution in [3.05, 3.63) is 52.0 Å². The van der Waals surface area contributed by atoms with E-state index in [9.17, 15) is 9.59 Å². The normalized spacial score (nSPS) is 15.7. The van der Waals surface area contributed by atoms with E-state index in [1.807, 2.05) is 26.8 Å². The molecule has 3 heterocycles. The van der Waals surface area contributed by atoms with Gasteiger partial charge >= 0.3 is 5.97 Å². The van der Waals surface area contributed by atoms with Crippen molar-refractivity contribution in [2.24, 2.45) is 0 Å². The molecule has 3 aromatic rings. The monoisotopic (exact) mass is 439 g/mol. The molecule has 2 aromatic heterocycles. The number of aromatic nitrogens is 1. The molecule has 0 bridgehead atoms. The Labute approximate surface area is 185 Å². The van der Waals surface area contributed by atoms with Gasteiger partial charge in [0.1, 0.15) is 15.9 Å². The predicted molar refractivity (Wildman–Crippen MR) is 122 cm³/mol. The molecule has 1 atom stereocenters. The van der Waals surface area contributed by atoms with Gasteiger partial charge in [0.25, 0.3) is 5.91 Å². The van der Waals surface area contributed by atoms with Crippen molar-refractivity contribution < 1.29 is 19.1 Å². The van der Waals surface area contributed by atoms with Crippen molar-refractivity contribution in [2.45, 2.75) is 40.0 Å². The molecule has 4 rings (SSSR count). The molecule has 31 heavy (non-hydrogen) atoms. The maximum absolute atomic E-state index is 13.5. The van der Waals surface area contributed by atoms with E-state index in [2.05, 4.69) is 10.3 Å². The molecule has 8 heteroatoms. The van der Waals surface area contributed by atoms with E-state index in [0.717, 1.165) is 33.6 Å². The smallest absolute Gasteiger partial charge is 0.338 e. The van der Waals surface area contributed by atoms with E-state index >= 15 is 0 Å². The summed E-state index contributed by atoms with van der Waals surface area (Å²) in [7, 11) is 1.66. The number of carbonyl (C=O) groups excluding carboxylic acids is 2. The Bertz CT molecular complexity index is 1140. The Hall–Kier alpha value is -2.97. The molecule has 0 aliphatic carbocycles. The third-order valence-electron chi connectivity index (χ3n) is 5.14. The zero-order valence-electron chi connectivity index (χ0n) is 18.0. The van der Waals surface area contributed by atoms with Gasteiger partial charge in [0.05, 0.1) is 24.5 Å². The van der Waals surface area contributed by atoms with Crippen LogP contribution < -0.4 is 10.2 Å². The van der Waals surface area contributed by atoms with Crippen LogP contribution in [0.25, 0.3) is 10.2 Å². The van der Waals surface area contributed by atoms with Crippen LogP contribution in [0.2, 0.25) is 0 Å². The van der Waals surface area contributed by atoms with Crippen molar-refractivity contribution in [1.82, 2.24) is 4.98 Å². The molecule has 7 nitrogen and oxygen atoms in total. The fourth-order valence-corrected chi connectivity index (χ4v) is 4.97. The van der Waals surface area contributed by atoms with Gasteiger partial charge in [-0.25, -0.2) is 9.78 Å². The van der Waals surface area contributed by atoms with Gasteiger partial charge in [-0.2, -0.15) is 0 Å². The molecule has 0 saturated carbocycles. The lowest BCUT2D eigenvalue weighted by atomic mass is 10.1. The zero-order valence-corrected chi connectivity index (χ0v) is 18.8. The number of rotatable bonds is 6. The third-order valence-corrected chi connectivity index (χ3v) is 6.22. The second-order valence-corrected chi connectivity index (χ2v) is 8.52. The average Bonchev–Trinajstić information content (AvgIpc) is 3.11. The van der Waals surface area contributed by atoms with Crippen LogP contribution in [0.15, 0.2) is 30.3 Å². The number of ether oxygens (including phenoxy) is 2. The number of benzene rings is 1. The van der Waals surface area contributed by atoms with Crippen molar-refractivity contribution in [3.8, 4) is 0 Å². The van der Waals surface area contributed by atoms with Crippen LogP contribution in [0, 0.1) is 6.92 Å². The summed E-state index contributed by atoms with van der Waals surface area (Å²) in [5.74, 6) is -0.449. The van der Waals surface area contributed by atoms with Crippen LogP contribution in [0.1, 0.15) is 51.6 Å². The van der Waals surface area contributed by atoms with Crippen molar-refractivity contribution >= 4 is 44.8 Å². The standard InChI is InChI=1S/C23H25N3O4S/c1-5-10-30-23(28)15-6-8-17(9-7-15)26-14(3)25-19-18-16(12-29-4)11-13(2)24-21(18)31-20(19)22(26)27/h6-9,11,14,25H,5,10,12H2,1-4H3/t14-/m1/s1. The van der Waals surface area contributed by atoms with Gasteiger partial charge in [0.15, 0.2) is 0 Å². The predicted octanol–water partition coefficient (Wildman–Crippen LogP) is 4.74. The lowest BCUT2D eigenvalue weighted by molar-refractivity contribution is 0.0505. The number of fused-ring (bicyclic) bond motifs is 3. The summed E-state index contributed by atoms with van der Waals surface area (Å²) >= 11 is 1.39. The molecule has 0 fully saturated rings. The number of anilines is 2. The number of thiophene rings is 1. The largest absolute Gasteiger partial charge is 0.462 e. The molecule has 0 unspecified atom stereocenters. The number of aryl methyl sites for hydroxylation is 1. The van der Waals surface area contributed by atoms with Crippen LogP contribution in [0.4, 0.5) is 11.4 Å². The van der Waals surface area contributed by atoms with Crippen LogP contribution in [0.5, 0.6) is 0 Å². The number of nitrogens with zero attached hydrogens (tertiary/aromatic N) is 2. The molecule has 1 aromatic carbocycles. The summed E-state index contributed by atoms with van der Waals surface area (Å²) in [4.78, 5) is 33.3. The van der Waals surface area contributed by atoms with E-state index in [0.29, 0.717) is 29.3 Å². The molecule has 1 amide bonds. The number of methoxy groups -OCH3 is 1. The highest BCUT2D eigenvalue weighted by molar-refractivity contribution is 7.21.